The Morgan fingerprint density at radius 1 is 1.43 bits per heavy atom. The van der Waals surface area contributed by atoms with E-state index < -0.39 is 0 Å². The summed E-state index contributed by atoms with van der Waals surface area (Å²) in [7, 11) is 1.62. The SMILES string of the molecule is CO[C@@H]1C[C@@H](CO)N(C(=O)c2cccc(N3CCCC3=O)c2)C1. The molecule has 2 amide bonds. The molecule has 2 aliphatic rings. The zero-order valence-electron chi connectivity index (χ0n) is 13.3. The van der Waals surface area contributed by atoms with Gasteiger partial charge < -0.3 is 19.6 Å². The Kier molecular flexibility index (Phi) is 4.63. The lowest BCUT2D eigenvalue weighted by Gasteiger charge is -2.23. The van der Waals surface area contributed by atoms with E-state index in [-0.39, 0.29) is 30.6 Å². The molecule has 1 aromatic rings. The molecule has 0 bridgehead atoms. The summed E-state index contributed by atoms with van der Waals surface area (Å²) >= 11 is 0. The minimum atomic E-state index is -0.218. The molecule has 2 atom stereocenters. The molecule has 2 saturated heterocycles. The van der Waals surface area contributed by atoms with Gasteiger partial charge in [-0.2, -0.15) is 0 Å². The van der Waals surface area contributed by atoms with Crippen LogP contribution in [0.15, 0.2) is 24.3 Å². The van der Waals surface area contributed by atoms with Crippen molar-refractivity contribution in [1.82, 2.24) is 4.90 Å². The van der Waals surface area contributed by atoms with Crippen LogP contribution in [-0.4, -0.2) is 60.8 Å². The molecule has 0 unspecified atom stereocenters. The maximum atomic E-state index is 12.8. The Labute approximate surface area is 135 Å². The molecule has 1 aromatic carbocycles. The van der Waals surface area contributed by atoms with Crippen LogP contribution in [0.25, 0.3) is 0 Å². The fourth-order valence-electron chi connectivity index (χ4n) is 3.36. The van der Waals surface area contributed by atoms with Crippen molar-refractivity contribution in [3.05, 3.63) is 29.8 Å². The molecule has 0 aromatic heterocycles. The largest absolute Gasteiger partial charge is 0.394 e. The van der Waals surface area contributed by atoms with E-state index in [0.29, 0.717) is 31.5 Å². The van der Waals surface area contributed by atoms with Crippen LogP contribution >= 0.6 is 0 Å². The predicted octanol–water partition coefficient (Wildman–Crippen LogP) is 1.04. The van der Waals surface area contributed by atoms with Gasteiger partial charge in [-0.25, -0.2) is 0 Å². The van der Waals surface area contributed by atoms with E-state index in [1.54, 1.807) is 35.1 Å². The van der Waals surface area contributed by atoms with E-state index in [9.17, 15) is 14.7 Å². The Hall–Kier alpha value is -1.92. The number of methoxy groups -OCH3 is 1. The first-order chi connectivity index (χ1) is 11.1. The van der Waals surface area contributed by atoms with E-state index in [1.165, 1.54) is 0 Å². The molecule has 2 fully saturated rings. The van der Waals surface area contributed by atoms with Gasteiger partial charge in [-0.15, -0.1) is 0 Å². The Balaban J connectivity index is 1.81. The third-order valence-electron chi connectivity index (χ3n) is 4.66. The molecule has 124 valence electrons. The summed E-state index contributed by atoms with van der Waals surface area (Å²) in [6.07, 6.45) is 2.01. The molecule has 0 aliphatic carbocycles. The number of ether oxygens (including phenoxy) is 1. The van der Waals surface area contributed by atoms with Crippen LogP contribution in [0.5, 0.6) is 0 Å². The van der Waals surface area contributed by atoms with E-state index in [0.717, 1.165) is 12.1 Å². The predicted molar refractivity (Wildman–Crippen MR) is 85.4 cm³/mol. The average molecular weight is 318 g/mol. The van der Waals surface area contributed by atoms with Crippen molar-refractivity contribution < 1.29 is 19.4 Å². The number of aliphatic hydroxyl groups is 1. The molecule has 1 N–H and O–H groups in total. The Morgan fingerprint density at radius 2 is 2.26 bits per heavy atom. The minimum Gasteiger partial charge on any atom is -0.394 e. The van der Waals surface area contributed by atoms with Crippen molar-refractivity contribution >= 4 is 17.5 Å². The molecule has 0 saturated carbocycles. The first kappa shape index (κ1) is 16.0. The van der Waals surface area contributed by atoms with Gasteiger partial charge in [0.05, 0.1) is 18.8 Å². The molecule has 6 nitrogen and oxygen atoms in total. The third kappa shape index (κ3) is 3.09. The van der Waals surface area contributed by atoms with Crippen molar-refractivity contribution in [1.29, 1.82) is 0 Å². The molecular formula is C17H22N2O4. The second-order valence-electron chi connectivity index (χ2n) is 6.09. The second kappa shape index (κ2) is 6.68. The van der Waals surface area contributed by atoms with Gasteiger partial charge in [-0.1, -0.05) is 6.07 Å². The first-order valence-corrected chi connectivity index (χ1v) is 7.99. The Bertz CT molecular complexity index is 604. The van der Waals surface area contributed by atoms with Crippen molar-refractivity contribution in [2.45, 2.75) is 31.4 Å². The standard InChI is InChI=1S/C17H22N2O4/c1-23-15-9-14(11-20)19(10-15)17(22)12-4-2-5-13(8-12)18-7-3-6-16(18)21/h2,4-5,8,14-15,20H,3,6-7,9-11H2,1H3/t14-,15+/m0/s1. The highest BCUT2D eigenvalue weighted by atomic mass is 16.5. The summed E-state index contributed by atoms with van der Waals surface area (Å²) in [5.74, 6) is -0.0273. The van der Waals surface area contributed by atoms with Crippen molar-refractivity contribution in [2.24, 2.45) is 0 Å². The number of hydrogen-bond acceptors (Lipinski definition) is 4. The van der Waals surface area contributed by atoms with E-state index in [2.05, 4.69) is 0 Å². The molecule has 3 rings (SSSR count). The number of likely N-dealkylation sites (tertiary alicyclic amines) is 1. The van der Waals surface area contributed by atoms with E-state index in [4.69, 9.17) is 4.74 Å². The van der Waals surface area contributed by atoms with Crippen LogP contribution in [-0.2, 0) is 9.53 Å². The number of carbonyl (C=O) groups excluding carboxylic acids is 2. The van der Waals surface area contributed by atoms with Gasteiger partial charge in [0.15, 0.2) is 0 Å². The maximum Gasteiger partial charge on any atom is 0.254 e. The summed E-state index contributed by atoms with van der Waals surface area (Å²) in [4.78, 5) is 28.0. The van der Waals surface area contributed by atoms with Crippen LogP contribution in [0, 0.1) is 0 Å². The zero-order chi connectivity index (χ0) is 16.4. The van der Waals surface area contributed by atoms with Gasteiger partial charge in [0.1, 0.15) is 0 Å². The lowest BCUT2D eigenvalue weighted by atomic mass is 10.1. The smallest absolute Gasteiger partial charge is 0.254 e. The summed E-state index contributed by atoms with van der Waals surface area (Å²) < 4.78 is 5.32. The highest BCUT2D eigenvalue weighted by Gasteiger charge is 2.35. The van der Waals surface area contributed by atoms with Gasteiger partial charge in [-0.3, -0.25) is 9.59 Å². The van der Waals surface area contributed by atoms with Gasteiger partial charge in [0, 0.05) is 37.9 Å². The van der Waals surface area contributed by atoms with Crippen LogP contribution in [0.4, 0.5) is 5.69 Å². The highest BCUT2D eigenvalue weighted by molar-refractivity contribution is 5.99. The van der Waals surface area contributed by atoms with E-state index >= 15 is 0 Å². The lowest BCUT2D eigenvalue weighted by molar-refractivity contribution is -0.117. The third-order valence-corrected chi connectivity index (χ3v) is 4.66. The Morgan fingerprint density at radius 3 is 2.91 bits per heavy atom. The van der Waals surface area contributed by atoms with E-state index in [1.807, 2.05) is 6.07 Å². The molecule has 2 heterocycles. The summed E-state index contributed by atoms with van der Waals surface area (Å²) in [6.45, 7) is 1.11. The number of anilines is 1. The molecule has 0 radical (unpaired) electrons. The fraction of sp³-hybridized carbons (Fsp3) is 0.529. The van der Waals surface area contributed by atoms with Gasteiger partial charge >= 0.3 is 0 Å². The van der Waals surface area contributed by atoms with Crippen LogP contribution in [0.1, 0.15) is 29.6 Å². The molecular weight excluding hydrogens is 296 g/mol. The average Bonchev–Trinajstić information content (AvgIpc) is 3.20. The van der Waals surface area contributed by atoms with Crippen LogP contribution in [0.2, 0.25) is 0 Å². The van der Waals surface area contributed by atoms with Crippen LogP contribution < -0.4 is 4.90 Å². The highest BCUT2D eigenvalue weighted by Crippen LogP contribution is 2.26. The number of rotatable bonds is 4. The van der Waals surface area contributed by atoms with Gasteiger partial charge in [0.2, 0.25) is 5.91 Å². The topological polar surface area (TPSA) is 70.1 Å². The van der Waals surface area contributed by atoms with Gasteiger partial charge in [0.25, 0.3) is 5.91 Å². The first-order valence-electron chi connectivity index (χ1n) is 7.99. The fourth-order valence-corrected chi connectivity index (χ4v) is 3.36. The summed E-state index contributed by atoms with van der Waals surface area (Å²) in [5, 5.41) is 9.51. The number of benzene rings is 1. The normalized spacial score (nSPS) is 24.5. The number of carbonyl (C=O) groups is 2. The molecule has 23 heavy (non-hydrogen) atoms. The zero-order valence-corrected chi connectivity index (χ0v) is 13.3. The minimum absolute atomic E-state index is 0.0422. The summed E-state index contributed by atoms with van der Waals surface area (Å²) in [6, 6.07) is 6.95. The maximum absolute atomic E-state index is 12.8. The monoisotopic (exact) mass is 318 g/mol. The van der Waals surface area contributed by atoms with Crippen LogP contribution in [0.3, 0.4) is 0 Å². The van der Waals surface area contributed by atoms with Crippen molar-refractivity contribution in [3.8, 4) is 0 Å². The van der Waals surface area contributed by atoms with Crippen molar-refractivity contribution in [3.63, 3.8) is 0 Å². The number of hydrogen-bond donors (Lipinski definition) is 1. The second-order valence-corrected chi connectivity index (χ2v) is 6.09. The summed E-state index contributed by atoms with van der Waals surface area (Å²) in [5.41, 5.74) is 1.30. The number of nitrogens with zero attached hydrogens (tertiary/aromatic N) is 2. The molecule has 2 aliphatic heterocycles. The molecule has 6 heteroatoms. The lowest BCUT2D eigenvalue weighted by Crippen LogP contribution is -2.38. The van der Waals surface area contributed by atoms with Gasteiger partial charge in [-0.05, 0) is 31.0 Å². The number of amides is 2. The van der Waals surface area contributed by atoms with Crippen molar-refractivity contribution in [2.75, 3.05) is 31.7 Å². The quantitative estimate of drug-likeness (QED) is 0.900. The number of aliphatic hydroxyl groups excluding tert-OH is 1. The molecule has 0 spiro atoms.